The second-order valence-electron chi connectivity index (χ2n) is 5.81. The number of carbonyl (C=O) groups is 2. The lowest BCUT2D eigenvalue weighted by molar-refractivity contribution is -0.271. The number of ether oxygens (including phenoxy) is 1. The van der Waals surface area contributed by atoms with E-state index < -0.39 is 23.8 Å². The van der Waals surface area contributed by atoms with Crippen LogP contribution in [0.3, 0.4) is 0 Å². The zero-order chi connectivity index (χ0) is 18.9. The molecular weight excluding hydrogens is 353 g/mol. The van der Waals surface area contributed by atoms with Gasteiger partial charge in [-0.1, -0.05) is 41.5 Å². The Kier molecular flexibility index (Phi) is 4.49. The quantitative estimate of drug-likeness (QED) is 0.897. The van der Waals surface area contributed by atoms with E-state index in [1.807, 2.05) is 18.2 Å². The molecule has 1 fully saturated rings. The van der Waals surface area contributed by atoms with Crippen LogP contribution in [0.2, 0.25) is 0 Å². The highest BCUT2D eigenvalue weighted by Gasteiger charge is 2.54. The summed E-state index contributed by atoms with van der Waals surface area (Å²) in [5, 5.41) is 2.03. The predicted octanol–water partition coefficient (Wildman–Crippen LogP) is 2.52. The Balaban J connectivity index is 1.97. The molecule has 1 saturated heterocycles. The van der Waals surface area contributed by atoms with Gasteiger partial charge in [0.15, 0.2) is 0 Å². The van der Waals surface area contributed by atoms with Gasteiger partial charge >= 0.3 is 12.1 Å². The van der Waals surface area contributed by atoms with Gasteiger partial charge in [-0.25, -0.2) is 4.79 Å². The number of hydrogen-bond acceptors (Lipinski definition) is 5. The highest BCUT2D eigenvalue weighted by molar-refractivity contribution is 5.90. The smallest absolute Gasteiger partial charge is 0.459 e. The molecule has 0 unspecified atom stereocenters. The summed E-state index contributed by atoms with van der Waals surface area (Å²) in [7, 11) is 0. The van der Waals surface area contributed by atoms with Crippen LogP contribution in [0.15, 0.2) is 42.5 Å². The van der Waals surface area contributed by atoms with E-state index in [9.17, 15) is 22.8 Å². The van der Waals surface area contributed by atoms with E-state index in [0.717, 1.165) is 5.39 Å². The normalized spacial score (nSPS) is 20.9. The second kappa shape index (κ2) is 6.49. The van der Waals surface area contributed by atoms with Crippen molar-refractivity contribution in [2.75, 3.05) is 6.54 Å². The molecule has 0 radical (unpaired) electrons. The minimum absolute atomic E-state index is 0.0172. The molecule has 6 nitrogen and oxygen atoms in total. The van der Waals surface area contributed by atoms with Crippen molar-refractivity contribution in [3.05, 3.63) is 42.5 Å². The lowest BCUT2D eigenvalue weighted by Crippen LogP contribution is -2.59. The first-order valence-corrected chi connectivity index (χ1v) is 7.77. The molecule has 0 aromatic heterocycles. The third kappa shape index (κ3) is 3.17. The summed E-state index contributed by atoms with van der Waals surface area (Å²) in [6.45, 7) is -0.116. The van der Waals surface area contributed by atoms with Gasteiger partial charge in [-0.3, -0.25) is 4.79 Å². The molecule has 1 aliphatic rings. The Labute approximate surface area is 146 Å². The number of carbonyl (C=O) groups excluding carboxylic acids is 2. The van der Waals surface area contributed by atoms with Crippen LogP contribution in [0, 0.1) is 0 Å². The van der Waals surface area contributed by atoms with E-state index in [0.29, 0.717) is 10.4 Å². The van der Waals surface area contributed by atoms with Gasteiger partial charge in [0.1, 0.15) is 5.75 Å². The van der Waals surface area contributed by atoms with Crippen LogP contribution < -0.4 is 10.5 Å². The highest BCUT2D eigenvalue weighted by atomic mass is 19.4. The fourth-order valence-corrected chi connectivity index (χ4v) is 2.90. The maximum atomic E-state index is 12.5. The fraction of sp³-hybridized carbons (Fsp3) is 0.294. The summed E-state index contributed by atoms with van der Waals surface area (Å²) < 4.78 is 43.4. The van der Waals surface area contributed by atoms with Crippen molar-refractivity contribution in [1.82, 2.24) is 5.06 Å². The van der Waals surface area contributed by atoms with Crippen molar-refractivity contribution in [3.8, 4) is 5.75 Å². The van der Waals surface area contributed by atoms with E-state index in [1.165, 1.54) is 0 Å². The molecule has 138 valence electrons. The minimum Gasteiger partial charge on any atom is -0.459 e. The number of hydrogen-bond donors (Lipinski definition) is 1. The summed E-state index contributed by atoms with van der Waals surface area (Å²) >= 11 is 0. The van der Waals surface area contributed by atoms with Crippen LogP contribution in [0.5, 0.6) is 5.75 Å². The zero-order valence-electron chi connectivity index (χ0n) is 13.5. The molecule has 3 rings (SSSR count). The summed E-state index contributed by atoms with van der Waals surface area (Å²) in [6.07, 6.45) is -4.96. The number of nitrogens with zero attached hydrogens (tertiary/aromatic N) is 1. The van der Waals surface area contributed by atoms with Gasteiger partial charge in [-0.15, -0.1) is 0 Å². The standard InChI is InChI=1S/C17H15F3N2O4/c18-17(19,20)15(24)26-22-10-4-9-16(22,14(21)23)25-13-8-3-6-11-5-1-2-7-12(11)13/h1-3,5-8H,4,9-10H2,(H2,21,23)/t16-/m0/s1. The minimum atomic E-state index is -5.20. The average molecular weight is 368 g/mol. The molecule has 1 aliphatic heterocycles. The summed E-state index contributed by atoms with van der Waals surface area (Å²) in [5.41, 5.74) is 3.41. The van der Waals surface area contributed by atoms with E-state index in [4.69, 9.17) is 10.5 Å². The number of fused-ring (bicyclic) bond motifs is 1. The SMILES string of the molecule is NC(=O)[C@@]1(Oc2cccc3ccccc23)CCCN1OC(=O)C(F)(F)F. The van der Waals surface area contributed by atoms with Crippen LogP contribution in [-0.2, 0) is 14.4 Å². The number of halogens is 3. The lowest BCUT2D eigenvalue weighted by Gasteiger charge is -2.34. The first-order valence-electron chi connectivity index (χ1n) is 7.77. The summed E-state index contributed by atoms with van der Waals surface area (Å²) in [4.78, 5) is 27.7. The van der Waals surface area contributed by atoms with E-state index in [1.54, 1.807) is 24.3 Å². The van der Waals surface area contributed by atoms with Gasteiger partial charge in [-0.2, -0.15) is 13.2 Å². The molecule has 0 aliphatic carbocycles. The topological polar surface area (TPSA) is 81.9 Å². The molecule has 0 spiro atoms. The van der Waals surface area contributed by atoms with Gasteiger partial charge in [0, 0.05) is 18.4 Å². The molecule has 26 heavy (non-hydrogen) atoms. The summed E-state index contributed by atoms with van der Waals surface area (Å²) in [5.74, 6) is -3.23. The lowest BCUT2D eigenvalue weighted by atomic mass is 10.1. The third-order valence-corrected chi connectivity index (χ3v) is 4.12. The van der Waals surface area contributed by atoms with E-state index >= 15 is 0 Å². The van der Waals surface area contributed by atoms with Gasteiger partial charge in [0.2, 0.25) is 0 Å². The Morgan fingerprint density at radius 1 is 1.12 bits per heavy atom. The van der Waals surface area contributed by atoms with E-state index in [2.05, 4.69) is 4.84 Å². The van der Waals surface area contributed by atoms with Crippen LogP contribution in [0.1, 0.15) is 12.8 Å². The van der Waals surface area contributed by atoms with Crippen molar-refractivity contribution in [2.45, 2.75) is 24.7 Å². The third-order valence-electron chi connectivity index (χ3n) is 4.12. The van der Waals surface area contributed by atoms with Gasteiger partial charge in [-0.05, 0) is 17.9 Å². The van der Waals surface area contributed by atoms with Crippen molar-refractivity contribution in [1.29, 1.82) is 0 Å². The Morgan fingerprint density at radius 2 is 1.81 bits per heavy atom. The Hall–Kier alpha value is -2.81. The van der Waals surface area contributed by atoms with Crippen LogP contribution >= 0.6 is 0 Å². The molecule has 2 N–H and O–H groups in total. The molecule has 1 atom stereocenters. The summed E-state index contributed by atoms with van der Waals surface area (Å²) in [6, 6.07) is 12.2. The maximum Gasteiger partial charge on any atom is 0.492 e. The van der Waals surface area contributed by atoms with Crippen molar-refractivity contribution >= 4 is 22.6 Å². The fourth-order valence-electron chi connectivity index (χ4n) is 2.90. The second-order valence-corrected chi connectivity index (χ2v) is 5.81. The van der Waals surface area contributed by atoms with Gasteiger partial charge in [0.25, 0.3) is 11.6 Å². The first-order chi connectivity index (χ1) is 12.2. The first kappa shape index (κ1) is 18.0. The predicted molar refractivity (Wildman–Crippen MR) is 84.6 cm³/mol. The molecule has 0 bridgehead atoms. The number of alkyl halides is 3. The van der Waals surface area contributed by atoms with E-state index in [-0.39, 0.29) is 25.1 Å². The molecule has 1 heterocycles. The molecule has 2 aromatic rings. The Bertz CT molecular complexity index is 850. The monoisotopic (exact) mass is 368 g/mol. The molecule has 9 heteroatoms. The largest absolute Gasteiger partial charge is 0.492 e. The van der Waals surface area contributed by atoms with Gasteiger partial charge in [0.05, 0.1) is 0 Å². The zero-order valence-corrected chi connectivity index (χ0v) is 13.5. The number of nitrogens with two attached hydrogens (primary N) is 1. The molecule has 0 saturated carbocycles. The maximum absolute atomic E-state index is 12.5. The average Bonchev–Trinajstić information content (AvgIpc) is 2.98. The van der Waals surface area contributed by atoms with Crippen molar-refractivity contribution in [3.63, 3.8) is 0 Å². The molecule has 1 amide bonds. The Morgan fingerprint density at radius 3 is 2.50 bits per heavy atom. The number of rotatable bonds is 4. The van der Waals surface area contributed by atoms with Crippen LogP contribution in [0.25, 0.3) is 10.8 Å². The number of hydroxylamine groups is 2. The number of primary amides is 1. The molecule has 2 aromatic carbocycles. The molecular formula is C17H15F3N2O4. The van der Waals surface area contributed by atoms with Crippen molar-refractivity contribution in [2.24, 2.45) is 5.73 Å². The number of benzene rings is 2. The van der Waals surface area contributed by atoms with Crippen LogP contribution in [-0.4, -0.2) is 35.4 Å². The number of amides is 1. The highest BCUT2D eigenvalue weighted by Crippen LogP contribution is 2.36. The van der Waals surface area contributed by atoms with Crippen LogP contribution in [0.4, 0.5) is 13.2 Å². The van der Waals surface area contributed by atoms with Gasteiger partial charge < -0.3 is 15.3 Å². The van der Waals surface area contributed by atoms with Crippen molar-refractivity contribution < 1.29 is 32.3 Å².